The van der Waals surface area contributed by atoms with E-state index in [0.29, 0.717) is 6.42 Å². The average Bonchev–Trinajstić information content (AvgIpc) is 2.98. The number of rotatable bonds is 15. The minimum Gasteiger partial charge on any atom is -0.479 e. The maximum Gasteiger partial charge on any atom is 0.334 e. The number of allylic oxidation sites excluding steroid dienone is 1. The molecule has 0 saturated carbocycles. The maximum absolute atomic E-state index is 12.2. The number of hydrogen-bond donors (Lipinski definition) is 1. The topological polar surface area (TPSA) is 74.7 Å². The van der Waals surface area contributed by atoms with Crippen LogP contribution in [0.5, 0.6) is 0 Å². The summed E-state index contributed by atoms with van der Waals surface area (Å²) < 4.78 is 0. The second-order valence-corrected chi connectivity index (χ2v) is 7.62. The molecule has 5 nitrogen and oxygen atoms in total. The summed E-state index contributed by atoms with van der Waals surface area (Å²) in [5.41, 5.74) is -1.51. The molecule has 5 heteroatoms. The fraction of sp³-hybridized carbons (Fsp3) is 0.773. The molecule has 1 fully saturated rings. The number of amides is 2. The standard InChI is InChI=1S/C22H37NO4/c1-3-5-7-8-9-10-11-12-13-14-18-22(21(26)27,17-6-4-2)23-19(24)15-16-20(23)25/h14,18H,3-13,15-17H2,1-2H3,(H,26,27). The summed E-state index contributed by atoms with van der Waals surface area (Å²) in [4.78, 5) is 37.5. The zero-order chi connectivity index (χ0) is 20.1. The number of carbonyl (C=O) groups excluding carboxylic acids is 2. The van der Waals surface area contributed by atoms with E-state index in [2.05, 4.69) is 6.92 Å². The zero-order valence-corrected chi connectivity index (χ0v) is 17.2. The highest BCUT2D eigenvalue weighted by atomic mass is 16.4. The quantitative estimate of drug-likeness (QED) is 0.240. The van der Waals surface area contributed by atoms with Gasteiger partial charge in [0.1, 0.15) is 0 Å². The summed E-state index contributed by atoms with van der Waals surface area (Å²) >= 11 is 0. The number of unbranched alkanes of at least 4 members (excludes halogenated alkanes) is 9. The molecule has 1 N–H and O–H groups in total. The first-order valence-electron chi connectivity index (χ1n) is 10.8. The molecule has 0 aromatic rings. The van der Waals surface area contributed by atoms with Crippen molar-refractivity contribution < 1.29 is 19.5 Å². The molecule has 27 heavy (non-hydrogen) atoms. The fourth-order valence-corrected chi connectivity index (χ4v) is 3.69. The Morgan fingerprint density at radius 3 is 1.96 bits per heavy atom. The molecule has 0 spiro atoms. The molecule has 1 rings (SSSR count). The van der Waals surface area contributed by atoms with Crippen molar-refractivity contribution in [2.75, 3.05) is 0 Å². The summed E-state index contributed by atoms with van der Waals surface area (Å²) in [6, 6.07) is 0. The molecule has 1 heterocycles. The van der Waals surface area contributed by atoms with Crippen LogP contribution < -0.4 is 0 Å². The molecule has 1 aliphatic heterocycles. The number of imide groups is 1. The SMILES string of the molecule is CCCCCCCCCCC=CC(CCCC)(C(=O)O)N1C(=O)CCC1=O. The minimum atomic E-state index is -1.51. The highest BCUT2D eigenvalue weighted by molar-refractivity contribution is 6.07. The van der Waals surface area contributed by atoms with Crippen LogP contribution in [0.4, 0.5) is 0 Å². The van der Waals surface area contributed by atoms with E-state index in [-0.39, 0.29) is 31.1 Å². The molecular formula is C22H37NO4. The van der Waals surface area contributed by atoms with Gasteiger partial charge in [0.15, 0.2) is 5.54 Å². The second kappa shape index (κ2) is 12.7. The van der Waals surface area contributed by atoms with Crippen LogP contribution in [-0.4, -0.2) is 33.3 Å². The van der Waals surface area contributed by atoms with Crippen LogP contribution in [0.3, 0.4) is 0 Å². The van der Waals surface area contributed by atoms with Gasteiger partial charge in [-0.25, -0.2) is 4.79 Å². The summed E-state index contributed by atoms with van der Waals surface area (Å²) in [6.07, 6.45) is 16.0. The predicted octanol–water partition coefficient (Wildman–Crippen LogP) is 5.24. The largest absolute Gasteiger partial charge is 0.479 e. The molecule has 2 amide bonds. The maximum atomic E-state index is 12.2. The van der Waals surface area contributed by atoms with Crippen molar-refractivity contribution >= 4 is 17.8 Å². The third kappa shape index (κ3) is 7.11. The molecule has 0 radical (unpaired) electrons. The lowest BCUT2D eigenvalue weighted by Crippen LogP contribution is -2.55. The van der Waals surface area contributed by atoms with Crippen molar-refractivity contribution in [3.63, 3.8) is 0 Å². The van der Waals surface area contributed by atoms with Crippen molar-refractivity contribution in [3.8, 4) is 0 Å². The zero-order valence-electron chi connectivity index (χ0n) is 17.2. The Hall–Kier alpha value is -1.65. The number of carboxylic acids is 1. The van der Waals surface area contributed by atoms with E-state index in [1.54, 1.807) is 6.08 Å². The first-order valence-corrected chi connectivity index (χ1v) is 10.8. The number of hydrogen-bond acceptors (Lipinski definition) is 3. The van der Waals surface area contributed by atoms with E-state index in [1.807, 2.05) is 13.0 Å². The number of likely N-dealkylation sites (tertiary alicyclic amines) is 1. The van der Waals surface area contributed by atoms with Gasteiger partial charge in [-0.05, 0) is 19.3 Å². The van der Waals surface area contributed by atoms with E-state index in [4.69, 9.17) is 0 Å². The first kappa shape index (κ1) is 23.4. The lowest BCUT2D eigenvalue weighted by molar-refractivity contribution is -0.160. The van der Waals surface area contributed by atoms with Gasteiger partial charge in [-0.3, -0.25) is 14.5 Å². The smallest absolute Gasteiger partial charge is 0.334 e. The number of nitrogens with zero attached hydrogens (tertiary/aromatic N) is 1. The molecule has 1 saturated heterocycles. The molecule has 0 bridgehead atoms. The van der Waals surface area contributed by atoms with Gasteiger partial charge in [-0.2, -0.15) is 0 Å². The van der Waals surface area contributed by atoms with Gasteiger partial charge in [0, 0.05) is 12.8 Å². The molecule has 1 aliphatic rings. The van der Waals surface area contributed by atoms with E-state index in [1.165, 1.54) is 38.5 Å². The molecule has 0 aromatic heterocycles. The van der Waals surface area contributed by atoms with Crippen LogP contribution in [0.25, 0.3) is 0 Å². The van der Waals surface area contributed by atoms with E-state index >= 15 is 0 Å². The Morgan fingerprint density at radius 1 is 0.926 bits per heavy atom. The highest BCUT2D eigenvalue weighted by Gasteiger charge is 2.49. The van der Waals surface area contributed by atoms with E-state index in [9.17, 15) is 19.5 Å². The van der Waals surface area contributed by atoms with Crippen LogP contribution in [0.15, 0.2) is 12.2 Å². The molecule has 1 unspecified atom stereocenters. The number of carboxylic acid groups (broad SMARTS) is 1. The molecule has 0 aliphatic carbocycles. The number of aliphatic carboxylic acids is 1. The highest BCUT2D eigenvalue weighted by Crippen LogP contribution is 2.31. The fourth-order valence-electron chi connectivity index (χ4n) is 3.69. The van der Waals surface area contributed by atoms with Crippen LogP contribution in [0.2, 0.25) is 0 Å². The van der Waals surface area contributed by atoms with Crippen molar-refractivity contribution in [3.05, 3.63) is 12.2 Å². The Bertz CT molecular complexity index is 498. The Balaban J connectivity index is 2.61. The Kier molecular flexibility index (Phi) is 11.0. The third-order valence-corrected chi connectivity index (χ3v) is 5.35. The normalized spacial score (nSPS) is 17.0. The minimum absolute atomic E-state index is 0.117. The van der Waals surface area contributed by atoms with Crippen LogP contribution in [0, 0.1) is 0 Å². The Labute approximate surface area is 164 Å². The van der Waals surface area contributed by atoms with Gasteiger partial charge in [0.25, 0.3) is 0 Å². The van der Waals surface area contributed by atoms with E-state index in [0.717, 1.165) is 30.6 Å². The van der Waals surface area contributed by atoms with Crippen molar-refractivity contribution in [1.82, 2.24) is 4.90 Å². The van der Waals surface area contributed by atoms with Crippen LogP contribution in [0.1, 0.15) is 104 Å². The van der Waals surface area contributed by atoms with Gasteiger partial charge in [-0.15, -0.1) is 0 Å². The average molecular weight is 380 g/mol. The second-order valence-electron chi connectivity index (χ2n) is 7.62. The van der Waals surface area contributed by atoms with Gasteiger partial charge < -0.3 is 5.11 Å². The van der Waals surface area contributed by atoms with Crippen molar-refractivity contribution in [2.24, 2.45) is 0 Å². The van der Waals surface area contributed by atoms with Gasteiger partial charge >= 0.3 is 5.97 Å². The molecule has 0 aromatic carbocycles. The summed E-state index contributed by atoms with van der Waals surface area (Å²) in [7, 11) is 0. The predicted molar refractivity (Wildman–Crippen MR) is 107 cm³/mol. The van der Waals surface area contributed by atoms with Crippen LogP contribution in [-0.2, 0) is 14.4 Å². The van der Waals surface area contributed by atoms with Crippen molar-refractivity contribution in [2.45, 2.75) is 109 Å². The lowest BCUT2D eigenvalue weighted by Gasteiger charge is -2.34. The lowest BCUT2D eigenvalue weighted by atomic mass is 9.89. The van der Waals surface area contributed by atoms with Crippen molar-refractivity contribution in [1.29, 1.82) is 0 Å². The van der Waals surface area contributed by atoms with Gasteiger partial charge in [0.05, 0.1) is 0 Å². The molecule has 1 atom stereocenters. The molecular weight excluding hydrogens is 342 g/mol. The Morgan fingerprint density at radius 2 is 1.44 bits per heavy atom. The first-order chi connectivity index (χ1) is 13.0. The molecule has 154 valence electrons. The monoisotopic (exact) mass is 379 g/mol. The third-order valence-electron chi connectivity index (χ3n) is 5.35. The summed E-state index contributed by atoms with van der Waals surface area (Å²) in [5.74, 6) is -1.84. The van der Waals surface area contributed by atoms with Gasteiger partial charge in [-0.1, -0.05) is 83.8 Å². The summed E-state index contributed by atoms with van der Waals surface area (Å²) in [6.45, 7) is 4.19. The van der Waals surface area contributed by atoms with E-state index < -0.39 is 11.5 Å². The number of carbonyl (C=O) groups is 3. The summed E-state index contributed by atoms with van der Waals surface area (Å²) in [5, 5.41) is 9.89. The van der Waals surface area contributed by atoms with Gasteiger partial charge in [0.2, 0.25) is 11.8 Å². The van der Waals surface area contributed by atoms with Crippen LogP contribution >= 0.6 is 0 Å².